The van der Waals surface area contributed by atoms with Gasteiger partial charge in [-0.2, -0.15) is 0 Å². The lowest BCUT2D eigenvalue weighted by Crippen LogP contribution is -2.32. The quantitative estimate of drug-likeness (QED) is 0.719. The molecule has 0 aliphatic carbocycles. The van der Waals surface area contributed by atoms with Crippen LogP contribution in [0.15, 0.2) is 46.7 Å². The SMILES string of the molecule is CN(CC(=O)O)C(=O)c1ccc(S(=O)(=O)NCCc2cccs2)cc1. The predicted molar refractivity (Wildman–Crippen MR) is 94.2 cm³/mol. The van der Waals surface area contributed by atoms with Crippen molar-refractivity contribution in [1.29, 1.82) is 0 Å². The van der Waals surface area contributed by atoms with Gasteiger partial charge in [-0.1, -0.05) is 6.07 Å². The standard InChI is InChI=1S/C16H18N2O5S2/c1-18(11-15(19)20)16(21)12-4-6-14(7-5-12)25(22,23)17-9-8-13-3-2-10-24-13/h2-7,10,17H,8-9,11H2,1H3,(H,19,20). The highest BCUT2D eigenvalue weighted by Crippen LogP contribution is 2.13. The van der Waals surface area contributed by atoms with Crippen LogP contribution in [0, 0.1) is 0 Å². The molecule has 134 valence electrons. The average molecular weight is 382 g/mol. The monoisotopic (exact) mass is 382 g/mol. The molecule has 0 saturated carbocycles. The maximum atomic E-state index is 12.2. The lowest BCUT2D eigenvalue weighted by Gasteiger charge is -2.14. The first-order valence-electron chi connectivity index (χ1n) is 7.39. The Labute approximate surface area is 150 Å². The van der Waals surface area contributed by atoms with E-state index in [0.29, 0.717) is 6.42 Å². The Hall–Kier alpha value is -2.23. The fourth-order valence-corrected chi connectivity index (χ4v) is 3.86. The maximum absolute atomic E-state index is 12.2. The summed E-state index contributed by atoms with van der Waals surface area (Å²) >= 11 is 1.56. The summed E-state index contributed by atoms with van der Waals surface area (Å²) in [5.74, 6) is -1.61. The number of carboxylic acid groups (broad SMARTS) is 1. The first kappa shape index (κ1) is 19.1. The zero-order chi connectivity index (χ0) is 18.4. The molecule has 1 amide bonds. The number of aliphatic carboxylic acids is 1. The van der Waals surface area contributed by atoms with Crippen LogP contribution >= 0.6 is 11.3 Å². The van der Waals surface area contributed by atoms with Gasteiger partial charge in [0.25, 0.3) is 5.91 Å². The van der Waals surface area contributed by atoms with Gasteiger partial charge in [0, 0.05) is 24.0 Å². The van der Waals surface area contributed by atoms with E-state index in [1.807, 2.05) is 17.5 Å². The second-order valence-electron chi connectivity index (χ2n) is 5.31. The van der Waals surface area contributed by atoms with E-state index in [4.69, 9.17) is 5.11 Å². The molecule has 0 radical (unpaired) electrons. The van der Waals surface area contributed by atoms with Crippen LogP contribution in [0.5, 0.6) is 0 Å². The third kappa shape index (κ3) is 5.38. The number of carbonyl (C=O) groups is 2. The van der Waals surface area contributed by atoms with E-state index in [0.717, 1.165) is 9.78 Å². The lowest BCUT2D eigenvalue weighted by molar-refractivity contribution is -0.137. The molecule has 2 rings (SSSR count). The summed E-state index contributed by atoms with van der Waals surface area (Å²) in [6.07, 6.45) is 0.605. The van der Waals surface area contributed by atoms with E-state index in [1.165, 1.54) is 31.3 Å². The van der Waals surface area contributed by atoms with Gasteiger partial charge in [0.05, 0.1) is 4.90 Å². The van der Waals surface area contributed by atoms with Crippen molar-refractivity contribution in [1.82, 2.24) is 9.62 Å². The van der Waals surface area contributed by atoms with E-state index < -0.39 is 28.4 Å². The Morgan fingerprint density at radius 3 is 2.44 bits per heavy atom. The molecule has 0 atom stereocenters. The number of nitrogens with zero attached hydrogens (tertiary/aromatic N) is 1. The van der Waals surface area contributed by atoms with E-state index >= 15 is 0 Å². The van der Waals surface area contributed by atoms with Gasteiger partial charge in [-0.3, -0.25) is 9.59 Å². The van der Waals surface area contributed by atoms with Crippen molar-refractivity contribution in [3.8, 4) is 0 Å². The molecule has 7 nitrogen and oxygen atoms in total. The lowest BCUT2D eigenvalue weighted by atomic mass is 10.2. The largest absolute Gasteiger partial charge is 0.480 e. The highest BCUT2D eigenvalue weighted by Gasteiger charge is 2.17. The Kier molecular flexibility index (Phi) is 6.29. The van der Waals surface area contributed by atoms with Crippen LogP contribution in [0.4, 0.5) is 0 Å². The Bertz CT molecular complexity index is 830. The van der Waals surface area contributed by atoms with Crippen LogP contribution in [-0.4, -0.2) is 50.4 Å². The van der Waals surface area contributed by atoms with Crippen LogP contribution < -0.4 is 4.72 Å². The molecule has 1 aromatic heterocycles. The van der Waals surface area contributed by atoms with Gasteiger partial charge >= 0.3 is 5.97 Å². The minimum absolute atomic E-state index is 0.0520. The van der Waals surface area contributed by atoms with E-state index in [2.05, 4.69) is 4.72 Å². The molecule has 0 fully saturated rings. The van der Waals surface area contributed by atoms with Gasteiger partial charge in [0.2, 0.25) is 10.0 Å². The molecule has 0 spiro atoms. The molecule has 1 aromatic carbocycles. The van der Waals surface area contributed by atoms with Crippen molar-refractivity contribution in [2.75, 3.05) is 20.1 Å². The zero-order valence-electron chi connectivity index (χ0n) is 13.5. The fourth-order valence-electron chi connectivity index (χ4n) is 2.12. The summed E-state index contributed by atoms with van der Waals surface area (Å²) in [7, 11) is -2.29. The molecule has 0 bridgehead atoms. The molecular weight excluding hydrogens is 364 g/mol. The highest BCUT2D eigenvalue weighted by atomic mass is 32.2. The molecule has 0 aliphatic rings. The normalized spacial score (nSPS) is 11.2. The molecule has 0 unspecified atom stereocenters. The molecule has 1 heterocycles. The molecular formula is C16H18N2O5S2. The number of benzene rings is 1. The number of sulfonamides is 1. The number of carbonyl (C=O) groups excluding carboxylic acids is 1. The number of carboxylic acids is 1. The summed E-state index contributed by atoms with van der Waals surface area (Å²) in [6, 6.07) is 9.24. The molecule has 0 saturated heterocycles. The Morgan fingerprint density at radius 2 is 1.88 bits per heavy atom. The van der Waals surface area contributed by atoms with Crippen LogP contribution in [0.3, 0.4) is 0 Å². The van der Waals surface area contributed by atoms with Crippen molar-refractivity contribution in [3.63, 3.8) is 0 Å². The number of nitrogens with one attached hydrogen (secondary N) is 1. The summed E-state index contributed by atoms with van der Waals surface area (Å²) in [5.41, 5.74) is 0.223. The second-order valence-corrected chi connectivity index (χ2v) is 8.11. The van der Waals surface area contributed by atoms with Crippen molar-refractivity contribution >= 4 is 33.2 Å². The van der Waals surface area contributed by atoms with Crippen LogP contribution in [0.25, 0.3) is 0 Å². The zero-order valence-corrected chi connectivity index (χ0v) is 15.1. The van der Waals surface area contributed by atoms with E-state index in [9.17, 15) is 18.0 Å². The predicted octanol–water partition coefficient (Wildman–Crippen LogP) is 1.43. The first-order chi connectivity index (χ1) is 11.8. The number of hydrogen-bond donors (Lipinski definition) is 2. The summed E-state index contributed by atoms with van der Waals surface area (Å²) in [6.45, 7) is -0.145. The fraction of sp³-hybridized carbons (Fsp3) is 0.250. The van der Waals surface area contributed by atoms with Gasteiger partial charge in [0.1, 0.15) is 6.54 Å². The average Bonchev–Trinajstić information content (AvgIpc) is 3.07. The van der Waals surface area contributed by atoms with Gasteiger partial charge < -0.3 is 10.0 Å². The minimum Gasteiger partial charge on any atom is -0.480 e. The van der Waals surface area contributed by atoms with Gasteiger partial charge in [-0.15, -0.1) is 11.3 Å². The van der Waals surface area contributed by atoms with Crippen LogP contribution in [-0.2, 0) is 21.2 Å². The second kappa shape index (κ2) is 8.24. The van der Waals surface area contributed by atoms with E-state index in [-0.39, 0.29) is 17.0 Å². The van der Waals surface area contributed by atoms with Gasteiger partial charge in [0.15, 0.2) is 0 Å². The minimum atomic E-state index is -3.66. The smallest absolute Gasteiger partial charge is 0.323 e. The molecule has 0 aliphatic heterocycles. The van der Waals surface area contributed by atoms with Crippen molar-refractivity contribution in [3.05, 3.63) is 52.2 Å². The van der Waals surface area contributed by atoms with Crippen molar-refractivity contribution < 1.29 is 23.1 Å². The molecule has 9 heteroatoms. The van der Waals surface area contributed by atoms with Crippen LogP contribution in [0.1, 0.15) is 15.2 Å². The number of hydrogen-bond acceptors (Lipinski definition) is 5. The van der Waals surface area contributed by atoms with E-state index in [1.54, 1.807) is 11.3 Å². The van der Waals surface area contributed by atoms with Crippen molar-refractivity contribution in [2.24, 2.45) is 0 Å². The Balaban J connectivity index is 2.00. The highest BCUT2D eigenvalue weighted by molar-refractivity contribution is 7.89. The van der Waals surface area contributed by atoms with Gasteiger partial charge in [-0.25, -0.2) is 13.1 Å². The van der Waals surface area contributed by atoms with Crippen LogP contribution in [0.2, 0.25) is 0 Å². The topological polar surface area (TPSA) is 104 Å². The summed E-state index contributed by atoms with van der Waals surface area (Å²) in [5, 5.41) is 10.6. The summed E-state index contributed by atoms with van der Waals surface area (Å²) in [4.78, 5) is 24.9. The third-order valence-corrected chi connectivity index (χ3v) is 5.79. The number of rotatable bonds is 8. The number of amides is 1. The number of thiophene rings is 1. The number of likely N-dealkylation sites (N-methyl/N-ethyl adjacent to an activating group) is 1. The molecule has 2 aromatic rings. The molecule has 25 heavy (non-hydrogen) atoms. The van der Waals surface area contributed by atoms with Gasteiger partial charge in [-0.05, 0) is 42.1 Å². The third-order valence-electron chi connectivity index (χ3n) is 3.37. The maximum Gasteiger partial charge on any atom is 0.323 e. The first-order valence-corrected chi connectivity index (χ1v) is 9.75. The molecule has 2 N–H and O–H groups in total. The van der Waals surface area contributed by atoms with Crippen molar-refractivity contribution in [2.45, 2.75) is 11.3 Å². The Morgan fingerprint density at radius 1 is 1.20 bits per heavy atom. The summed E-state index contributed by atoms with van der Waals surface area (Å²) < 4.78 is 27.0.